The average Bonchev–Trinajstić information content (AvgIpc) is 2.75. The molecule has 0 radical (unpaired) electrons. The second kappa shape index (κ2) is 12.6. The molecule has 0 fully saturated rings. The lowest BCUT2D eigenvalue weighted by atomic mass is 10.0. The fourth-order valence-electron chi connectivity index (χ4n) is 3.29. The van der Waals surface area contributed by atoms with E-state index in [0.717, 1.165) is 6.07 Å². The number of sulfonamides is 1. The highest BCUT2D eigenvalue weighted by molar-refractivity contribution is 7.90. The van der Waals surface area contributed by atoms with Gasteiger partial charge in [0, 0.05) is 18.4 Å². The Hall–Kier alpha value is -3.15. The fraction of sp³-hybridized carbons (Fsp3) is 0.500. The summed E-state index contributed by atoms with van der Waals surface area (Å²) in [6.45, 7) is 8.21. The zero-order valence-electron chi connectivity index (χ0n) is 22.0. The number of ether oxygens (including phenoxy) is 2. The minimum absolute atomic E-state index is 0.0812. The number of Topliss-reactive ketones (excluding diaryl/α,β-unsaturated/α-hetero) is 1. The maximum Gasteiger partial charge on any atom is 0.433 e. The van der Waals surface area contributed by atoms with Crippen LogP contribution in [-0.4, -0.2) is 42.7 Å². The highest BCUT2D eigenvalue weighted by Gasteiger charge is 2.33. The van der Waals surface area contributed by atoms with Crippen LogP contribution >= 0.6 is 0 Å². The van der Waals surface area contributed by atoms with E-state index in [4.69, 9.17) is 9.47 Å². The monoisotopic (exact) mass is 558 g/mol. The Morgan fingerprint density at radius 1 is 0.974 bits per heavy atom. The number of hydrogen-bond donors (Lipinski definition) is 1. The first-order valence-electron chi connectivity index (χ1n) is 12.0. The molecule has 8 nitrogen and oxygen atoms in total. The number of amides is 1. The molecule has 0 unspecified atom stereocenters. The first-order chi connectivity index (χ1) is 17.4. The van der Waals surface area contributed by atoms with Gasteiger partial charge in [-0.15, -0.1) is 0 Å². The van der Waals surface area contributed by atoms with Gasteiger partial charge < -0.3 is 9.47 Å². The number of aromatic nitrogens is 1. The third kappa shape index (κ3) is 11.1. The van der Waals surface area contributed by atoms with Crippen molar-refractivity contribution in [2.45, 2.75) is 78.2 Å². The Morgan fingerprint density at radius 3 is 2.13 bits per heavy atom. The van der Waals surface area contributed by atoms with Crippen molar-refractivity contribution in [2.75, 3.05) is 5.75 Å². The van der Waals surface area contributed by atoms with Gasteiger partial charge in [-0.2, -0.15) is 13.2 Å². The van der Waals surface area contributed by atoms with Crippen LogP contribution < -0.4 is 9.46 Å². The van der Waals surface area contributed by atoms with E-state index < -0.39 is 33.6 Å². The summed E-state index contributed by atoms with van der Waals surface area (Å²) in [5.74, 6) is -0.590. The van der Waals surface area contributed by atoms with E-state index in [9.17, 15) is 31.2 Å². The van der Waals surface area contributed by atoms with Gasteiger partial charge in [-0.3, -0.25) is 4.79 Å². The van der Waals surface area contributed by atoms with Gasteiger partial charge in [0.05, 0.1) is 11.9 Å². The van der Waals surface area contributed by atoms with Crippen LogP contribution in [0.5, 0.6) is 5.88 Å². The molecule has 12 heteroatoms. The summed E-state index contributed by atoms with van der Waals surface area (Å²) in [6, 6.07) is 8.94. The molecule has 0 aliphatic heterocycles. The quantitative estimate of drug-likeness (QED) is 0.412. The molecule has 38 heavy (non-hydrogen) atoms. The van der Waals surface area contributed by atoms with Crippen LogP contribution in [0.4, 0.5) is 18.0 Å². The second-order valence-electron chi connectivity index (χ2n) is 10.0. The molecule has 0 saturated heterocycles. The molecular formula is C26H33F3N2O6S. The summed E-state index contributed by atoms with van der Waals surface area (Å²) in [6.07, 6.45) is -5.53. The highest BCUT2D eigenvalue weighted by atomic mass is 32.2. The molecule has 0 atom stereocenters. The van der Waals surface area contributed by atoms with Gasteiger partial charge in [-0.25, -0.2) is 22.9 Å². The Morgan fingerprint density at radius 2 is 1.58 bits per heavy atom. The standard InChI is InChI=1S/C26H33F3N2O6S/c1-17(2)36-23-20(11-13-22(30-23)26(27,28)29)10-12-21(32)16-19-8-6-18(7-9-19)14-15-38(34,35)31-24(33)37-25(3,4)5/h6-9,11,13,17H,10,12,14-16H2,1-5H3,(H,31,33). The maximum atomic E-state index is 13.0. The predicted molar refractivity (Wildman–Crippen MR) is 135 cm³/mol. The average molecular weight is 559 g/mol. The van der Waals surface area contributed by atoms with Gasteiger partial charge in [0.15, 0.2) is 0 Å². The van der Waals surface area contributed by atoms with E-state index in [1.165, 1.54) is 6.07 Å². The van der Waals surface area contributed by atoms with Crippen molar-refractivity contribution >= 4 is 21.9 Å². The van der Waals surface area contributed by atoms with Crippen LogP contribution in [0.3, 0.4) is 0 Å². The van der Waals surface area contributed by atoms with E-state index in [0.29, 0.717) is 16.7 Å². The van der Waals surface area contributed by atoms with Gasteiger partial charge in [-0.05, 0) is 64.7 Å². The lowest BCUT2D eigenvalue weighted by molar-refractivity contribution is -0.141. The Bertz CT molecular complexity index is 1220. The summed E-state index contributed by atoms with van der Waals surface area (Å²) in [4.78, 5) is 27.8. The number of pyridine rings is 1. The van der Waals surface area contributed by atoms with Crippen LogP contribution in [-0.2, 0) is 45.0 Å². The molecule has 1 amide bonds. The summed E-state index contributed by atoms with van der Waals surface area (Å²) in [5, 5.41) is 0. The van der Waals surface area contributed by atoms with Gasteiger partial charge in [0.1, 0.15) is 17.1 Å². The Kier molecular flexibility index (Phi) is 10.3. The van der Waals surface area contributed by atoms with Crippen LogP contribution in [0.2, 0.25) is 0 Å². The second-order valence-corrected chi connectivity index (χ2v) is 11.9. The molecule has 2 aromatic rings. The molecule has 0 spiro atoms. The molecule has 0 bridgehead atoms. The molecular weight excluding hydrogens is 525 g/mol. The van der Waals surface area contributed by atoms with Gasteiger partial charge in [-0.1, -0.05) is 30.3 Å². The van der Waals surface area contributed by atoms with E-state index in [-0.39, 0.29) is 49.2 Å². The molecule has 1 aromatic heterocycles. The summed E-state index contributed by atoms with van der Waals surface area (Å²) in [5.41, 5.74) is -0.0702. The molecule has 1 N–H and O–H groups in total. The van der Waals surface area contributed by atoms with Gasteiger partial charge in [0.25, 0.3) is 0 Å². The normalized spacial score (nSPS) is 12.3. The number of nitrogens with one attached hydrogen (secondary N) is 1. The predicted octanol–water partition coefficient (Wildman–Crippen LogP) is 5.03. The van der Waals surface area contributed by atoms with E-state index in [1.807, 2.05) is 4.72 Å². The number of rotatable bonds is 11. The number of aryl methyl sites for hydroxylation is 2. The molecule has 0 aliphatic carbocycles. The summed E-state index contributed by atoms with van der Waals surface area (Å²) >= 11 is 0. The Labute approximate surface area is 221 Å². The third-order valence-corrected chi connectivity index (χ3v) is 6.19. The van der Waals surface area contributed by atoms with Crippen molar-refractivity contribution < 1.29 is 40.7 Å². The highest BCUT2D eigenvalue weighted by Crippen LogP contribution is 2.31. The van der Waals surface area contributed by atoms with Gasteiger partial charge in [0.2, 0.25) is 15.9 Å². The molecule has 1 heterocycles. The smallest absolute Gasteiger partial charge is 0.433 e. The molecule has 0 aliphatic rings. The first-order valence-corrected chi connectivity index (χ1v) is 13.7. The number of nitrogens with zero attached hydrogens (tertiary/aromatic N) is 1. The molecule has 1 aromatic carbocycles. The van der Waals surface area contributed by atoms with Crippen molar-refractivity contribution in [1.82, 2.24) is 9.71 Å². The number of benzene rings is 1. The number of halogens is 3. The molecule has 2 rings (SSSR count). The van der Waals surface area contributed by atoms with Crippen LogP contribution in [0, 0.1) is 0 Å². The lowest BCUT2D eigenvalue weighted by Crippen LogP contribution is -2.37. The van der Waals surface area contributed by atoms with Crippen molar-refractivity contribution in [3.63, 3.8) is 0 Å². The lowest BCUT2D eigenvalue weighted by Gasteiger charge is -2.19. The number of ketones is 1. The van der Waals surface area contributed by atoms with Crippen molar-refractivity contribution in [3.05, 3.63) is 58.8 Å². The SMILES string of the molecule is CC(C)Oc1nc(C(F)(F)F)ccc1CCC(=O)Cc1ccc(CCS(=O)(=O)NC(=O)OC(C)(C)C)cc1. The summed E-state index contributed by atoms with van der Waals surface area (Å²) in [7, 11) is -3.89. The van der Waals surface area contributed by atoms with Gasteiger partial charge >= 0.3 is 12.3 Å². The largest absolute Gasteiger partial charge is 0.475 e. The van der Waals surface area contributed by atoms with Crippen LogP contribution in [0.25, 0.3) is 0 Å². The van der Waals surface area contributed by atoms with Crippen molar-refractivity contribution in [1.29, 1.82) is 0 Å². The van der Waals surface area contributed by atoms with Crippen LogP contribution in [0.1, 0.15) is 63.4 Å². The van der Waals surface area contributed by atoms with Crippen LogP contribution in [0.15, 0.2) is 36.4 Å². The number of alkyl halides is 3. The van der Waals surface area contributed by atoms with E-state index in [1.54, 1.807) is 58.9 Å². The minimum atomic E-state index is -4.60. The zero-order valence-corrected chi connectivity index (χ0v) is 22.8. The fourth-order valence-corrected chi connectivity index (χ4v) is 4.19. The number of carbonyl (C=O) groups excluding carboxylic acids is 2. The van der Waals surface area contributed by atoms with E-state index >= 15 is 0 Å². The van der Waals surface area contributed by atoms with E-state index in [2.05, 4.69) is 4.98 Å². The number of hydrogen-bond acceptors (Lipinski definition) is 7. The summed E-state index contributed by atoms with van der Waals surface area (Å²) < 4.78 is 75.5. The number of carbonyl (C=O) groups is 2. The topological polar surface area (TPSA) is 112 Å². The molecule has 0 saturated carbocycles. The van der Waals surface area contributed by atoms with Crippen molar-refractivity contribution in [2.24, 2.45) is 0 Å². The zero-order chi connectivity index (χ0) is 28.7. The minimum Gasteiger partial charge on any atom is -0.475 e. The Balaban J connectivity index is 1.92. The van der Waals surface area contributed by atoms with Crippen molar-refractivity contribution in [3.8, 4) is 5.88 Å². The first kappa shape index (κ1) is 31.1. The third-order valence-electron chi connectivity index (χ3n) is 4.97. The molecule has 210 valence electrons. The maximum absolute atomic E-state index is 13.0.